The highest BCUT2D eigenvalue weighted by Crippen LogP contribution is 2.21. The van der Waals surface area contributed by atoms with E-state index in [9.17, 15) is 4.79 Å². The first-order valence-electron chi connectivity index (χ1n) is 6.71. The van der Waals surface area contributed by atoms with Gasteiger partial charge in [0.25, 0.3) is 0 Å². The van der Waals surface area contributed by atoms with Gasteiger partial charge in [-0.25, -0.2) is 4.79 Å². The molecule has 0 unspecified atom stereocenters. The number of ether oxygens (including phenoxy) is 1. The number of carbonyl (C=O) groups excluding carboxylic acids is 1. The molecule has 0 radical (unpaired) electrons. The van der Waals surface area contributed by atoms with Crippen molar-refractivity contribution in [1.29, 1.82) is 5.26 Å². The number of piperidine rings is 1. The average molecular weight is 270 g/mol. The van der Waals surface area contributed by atoms with E-state index in [-0.39, 0.29) is 5.57 Å². The molecule has 4 nitrogen and oxygen atoms in total. The molecule has 104 valence electrons. The van der Waals surface area contributed by atoms with E-state index in [1.165, 1.54) is 12.7 Å². The zero-order chi connectivity index (χ0) is 14.4. The van der Waals surface area contributed by atoms with Crippen molar-refractivity contribution in [3.63, 3.8) is 0 Å². The van der Waals surface area contributed by atoms with Crippen molar-refractivity contribution in [2.24, 2.45) is 0 Å². The summed E-state index contributed by atoms with van der Waals surface area (Å²) in [6.45, 7) is 2.65. The zero-order valence-electron chi connectivity index (χ0n) is 11.6. The topological polar surface area (TPSA) is 53.3 Å². The molecule has 1 aromatic rings. The van der Waals surface area contributed by atoms with E-state index >= 15 is 0 Å². The second kappa shape index (κ2) is 6.88. The maximum absolute atomic E-state index is 11.5. The van der Waals surface area contributed by atoms with Gasteiger partial charge in [0.2, 0.25) is 0 Å². The summed E-state index contributed by atoms with van der Waals surface area (Å²) in [6, 6.07) is 12.3. The van der Waals surface area contributed by atoms with Crippen molar-refractivity contribution in [2.75, 3.05) is 20.2 Å². The van der Waals surface area contributed by atoms with E-state index in [4.69, 9.17) is 5.26 Å². The molecule has 1 aromatic carbocycles. The Labute approximate surface area is 119 Å². The van der Waals surface area contributed by atoms with Gasteiger partial charge in [-0.05, 0) is 24.0 Å². The number of rotatable bonds is 3. The van der Waals surface area contributed by atoms with E-state index in [1.807, 2.05) is 24.3 Å². The summed E-state index contributed by atoms with van der Waals surface area (Å²) in [6.07, 6.45) is 1.51. The molecule has 0 bridgehead atoms. The Bertz CT molecular complexity index is 533. The fourth-order valence-corrected chi connectivity index (χ4v) is 2.44. The number of likely N-dealkylation sites (tertiary alicyclic amines) is 1. The standard InChI is InChI=1S/C16H18N2O2/c1-20-16(19)15(11-17)14-7-9-18(10-8-14)12-13-5-3-2-4-6-13/h2-6H,7-10,12H2,1H3. The van der Waals surface area contributed by atoms with Crippen LogP contribution in [-0.4, -0.2) is 31.1 Å². The minimum atomic E-state index is -0.515. The fraction of sp³-hybridized carbons (Fsp3) is 0.375. The monoisotopic (exact) mass is 270 g/mol. The van der Waals surface area contributed by atoms with E-state index in [0.717, 1.165) is 38.0 Å². The van der Waals surface area contributed by atoms with Crippen LogP contribution in [-0.2, 0) is 16.1 Å². The van der Waals surface area contributed by atoms with Crippen molar-refractivity contribution < 1.29 is 9.53 Å². The van der Waals surface area contributed by atoms with Crippen LogP contribution in [0.4, 0.5) is 0 Å². The lowest BCUT2D eigenvalue weighted by molar-refractivity contribution is -0.135. The predicted molar refractivity (Wildman–Crippen MR) is 75.6 cm³/mol. The van der Waals surface area contributed by atoms with Gasteiger partial charge in [0.1, 0.15) is 11.6 Å². The largest absolute Gasteiger partial charge is 0.465 e. The second-order valence-corrected chi connectivity index (χ2v) is 4.84. The van der Waals surface area contributed by atoms with Crippen LogP contribution in [0.2, 0.25) is 0 Å². The van der Waals surface area contributed by atoms with Crippen LogP contribution in [0.1, 0.15) is 18.4 Å². The van der Waals surface area contributed by atoms with E-state index in [2.05, 4.69) is 21.8 Å². The summed E-state index contributed by atoms with van der Waals surface area (Å²) in [5.41, 5.74) is 2.39. The molecule has 0 aromatic heterocycles. The number of carbonyl (C=O) groups is 1. The molecule has 0 spiro atoms. The van der Waals surface area contributed by atoms with Crippen LogP contribution in [0, 0.1) is 11.3 Å². The van der Waals surface area contributed by atoms with Crippen LogP contribution in [0.25, 0.3) is 0 Å². The third-order valence-corrected chi connectivity index (χ3v) is 3.56. The van der Waals surface area contributed by atoms with Gasteiger partial charge in [0.05, 0.1) is 7.11 Å². The van der Waals surface area contributed by atoms with Gasteiger partial charge >= 0.3 is 5.97 Å². The van der Waals surface area contributed by atoms with Crippen molar-refractivity contribution >= 4 is 5.97 Å². The maximum atomic E-state index is 11.5. The van der Waals surface area contributed by atoms with Crippen molar-refractivity contribution in [3.05, 3.63) is 47.0 Å². The summed E-state index contributed by atoms with van der Waals surface area (Å²) in [5.74, 6) is -0.515. The molecule has 0 atom stereocenters. The average Bonchev–Trinajstić information content (AvgIpc) is 2.50. The number of benzene rings is 1. The first-order valence-corrected chi connectivity index (χ1v) is 6.71. The van der Waals surface area contributed by atoms with Crippen LogP contribution in [0.15, 0.2) is 41.5 Å². The number of hydrogen-bond donors (Lipinski definition) is 0. The van der Waals surface area contributed by atoms with E-state index in [0.29, 0.717) is 0 Å². The summed E-state index contributed by atoms with van der Waals surface area (Å²) in [7, 11) is 1.31. The lowest BCUT2D eigenvalue weighted by Gasteiger charge is -2.28. The Kier molecular flexibility index (Phi) is 4.91. The number of hydrogen-bond acceptors (Lipinski definition) is 4. The Morgan fingerprint density at radius 1 is 1.30 bits per heavy atom. The van der Waals surface area contributed by atoms with Gasteiger partial charge < -0.3 is 4.74 Å². The third-order valence-electron chi connectivity index (χ3n) is 3.56. The molecule has 1 saturated heterocycles. The Morgan fingerprint density at radius 2 is 1.95 bits per heavy atom. The first-order chi connectivity index (χ1) is 9.74. The highest BCUT2D eigenvalue weighted by molar-refractivity contribution is 5.93. The molecule has 20 heavy (non-hydrogen) atoms. The normalized spacial score (nSPS) is 15.5. The van der Waals surface area contributed by atoms with Crippen LogP contribution in [0.5, 0.6) is 0 Å². The van der Waals surface area contributed by atoms with E-state index in [1.54, 1.807) is 0 Å². The SMILES string of the molecule is COC(=O)C(C#N)=C1CCN(Cc2ccccc2)CC1. The molecule has 0 N–H and O–H groups in total. The van der Waals surface area contributed by atoms with Gasteiger partial charge in [-0.15, -0.1) is 0 Å². The molecule has 1 aliphatic rings. The van der Waals surface area contributed by atoms with Crippen molar-refractivity contribution in [3.8, 4) is 6.07 Å². The lowest BCUT2D eigenvalue weighted by atomic mass is 9.98. The molecular formula is C16H18N2O2. The summed E-state index contributed by atoms with van der Waals surface area (Å²) in [5, 5.41) is 9.06. The highest BCUT2D eigenvalue weighted by Gasteiger charge is 2.21. The molecule has 1 heterocycles. The highest BCUT2D eigenvalue weighted by atomic mass is 16.5. The van der Waals surface area contributed by atoms with Crippen molar-refractivity contribution in [1.82, 2.24) is 4.90 Å². The van der Waals surface area contributed by atoms with Gasteiger partial charge in [-0.2, -0.15) is 5.26 Å². The Hall–Kier alpha value is -2.12. The molecule has 0 amide bonds. The minimum Gasteiger partial charge on any atom is -0.465 e. The second-order valence-electron chi connectivity index (χ2n) is 4.84. The van der Waals surface area contributed by atoms with Gasteiger partial charge in [0.15, 0.2) is 0 Å². The third kappa shape index (κ3) is 3.46. The molecule has 0 aliphatic carbocycles. The summed E-state index contributed by atoms with van der Waals surface area (Å²) < 4.78 is 4.65. The number of nitrogens with zero attached hydrogens (tertiary/aromatic N) is 2. The number of methoxy groups -OCH3 is 1. The summed E-state index contributed by atoms with van der Waals surface area (Å²) in [4.78, 5) is 13.8. The van der Waals surface area contributed by atoms with Crippen LogP contribution in [0.3, 0.4) is 0 Å². The Morgan fingerprint density at radius 3 is 2.50 bits per heavy atom. The van der Waals surface area contributed by atoms with Crippen LogP contribution >= 0.6 is 0 Å². The first kappa shape index (κ1) is 14.3. The number of esters is 1. The number of nitriles is 1. The predicted octanol–water partition coefficient (Wildman–Crippen LogP) is 2.28. The molecular weight excluding hydrogens is 252 g/mol. The maximum Gasteiger partial charge on any atom is 0.348 e. The van der Waals surface area contributed by atoms with Gasteiger partial charge in [-0.3, -0.25) is 4.90 Å². The fourth-order valence-electron chi connectivity index (χ4n) is 2.44. The summed E-state index contributed by atoms with van der Waals surface area (Å²) >= 11 is 0. The smallest absolute Gasteiger partial charge is 0.348 e. The molecule has 0 saturated carbocycles. The van der Waals surface area contributed by atoms with E-state index < -0.39 is 5.97 Å². The van der Waals surface area contributed by atoms with Gasteiger partial charge in [-0.1, -0.05) is 30.3 Å². The van der Waals surface area contributed by atoms with Gasteiger partial charge in [0, 0.05) is 19.6 Å². The zero-order valence-corrected chi connectivity index (χ0v) is 11.6. The lowest BCUT2D eigenvalue weighted by Crippen LogP contribution is -2.31. The molecule has 1 aliphatic heterocycles. The quantitative estimate of drug-likeness (QED) is 0.480. The minimum absolute atomic E-state index is 0.187. The molecule has 1 fully saturated rings. The molecule has 2 rings (SSSR count). The molecule has 4 heteroatoms. The Balaban J connectivity index is 1.97. The van der Waals surface area contributed by atoms with Crippen LogP contribution < -0.4 is 0 Å². The van der Waals surface area contributed by atoms with Crippen molar-refractivity contribution in [2.45, 2.75) is 19.4 Å².